The molecule has 0 bridgehead atoms. The number of rotatable bonds is 5. The molecule has 0 saturated heterocycles. The van der Waals surface area contributed by atoms with Crippen LogP contribution in [-0.4, -0.2) is 23.6 Å². The molecule has 6 heteroatoms. The summed E-state index contributed by atoms with van der Waals surface area (Å²) >= 11 is 5.16. The van der Waals surface area contributed by atoms with Gasteiger partial charge >= 0.3 is 0 Å². The van der Waals surface area contributed by atoms with E-state index in [1.54, 1.807) is 30.8 Å². The van der Waals surface area contributed by atoms with E-state index < -0.39 is 0 Å². The third kappa shape index (κ3) is 2.88. The lowest BCUT2D eigenvalue weighted by atomic mass is 10.1. The third-order valence-corrected chi connectivity index (χ3v) is 4.13. The van der Waals surface area contributed by atoms with Gasteiger partial charge in [0.1, 0.15) is 5.69 Å². The van der Waals surface area contributed by atoms with Crippen LogP contribution in [0.2, 0.25) is 0 Å². The van der Waals surface area contributed by atoms with E-state index in [1.165, 1.54) is 4.88 Å². The molecule has 2 aromatic rings. The molecule has 0 fully saturated rings. The molecule has 1 N–H and O–H groups in total. The van der Waals surface area contributed by atoms with Crippen LogP contribution in [0.25, 0.3) is 0 Å². The predicted molar refractivity (Wildman–Crippen MR) is 76.1 cm³/mol. The SMILES string of the molecule is CCNC(c1ccc(Br)s1)c1nccnc1OC. The third-order valence-electron chi connectivity index (χ3n) is 2.44. The monoisotopic (exact) mass is 327 g/mol. The Bertz CT molecular complexity index is 518. The zero-order valence-corrected chi connectivity index (χ0v) is 12.6. The van der Waals surface area contributed by atoms with Gasteiger partial charge in [-0.3, -0.25) is 4.98 Å². The van der Waals surface area contributed by atoms with Crippen molar-refractivity contribution in [1.82, 2.24) is 15.3 Å². The van der Waals surface area contributed by atoms with Crippen molar-refractivity contribution >= 4 is 27.3 Å². The fraction of sp³-hybridized carbons (Fsp3) is 0.333. The molecule has 4 nitrogen and oxygen atoms in total. The molecule has 0 aromatic carbocycles. The smallest absolute Gasteiger partial charge is 0.237 e. The van der Waals surface area contributed by atoms with Crippen molar-refractivity contribution in [3.8, 4) is 5.88 Å². The summed E-state index contributed by atoms with van der Waals surface area (Å²) in [7, 11) is 1.61. The molecule has 0 aliphatic carbocycles. The highest BCUT2D eigenvalue weighted by molar-refractivity contribution is 9.11. The lowest BCUT2D eigenvalue weighted by molar-refractivity contribution is 0.383. The summed E-state index contributed by atoms with van der Waals surface area (Å²) < 4.78 is 6.38. The second kappa shape index (κ2) is 6.26. The number of methoxy groups -OCH3 is 1. The standard InChI is InChI=1S/C12H14BrN3OS/c1-3-14-10(8-4-5-9(13)18-8)11-12(17-2)16-7-6-15-11/h4-7,10,14H,3H2,1-2H3. The highest BCUT2D eigenvalue weighted by Gasteiger charge is 2.21. The summed E-state index contributed by atoms with van der Waals surface area (Å²) in [5, 5.41) is 3.41. The summed E-state index contributed by atoms with van der Waals surface area (Å²) in [4.78, 5) is 9.78. The average Bonchev–Trinajstić information content (AvgIpc) is 2.82. The van der Waals surface area contributed by atoms with Gasteiger partial charge in [0.05, 0.1) is 16.9 Å². The van der Waals surface area contributed by atoms with Gasteiger partial charge < -0.3 is 10.1 Å². The maximum absolute atomic E-state index is 5.28. The summed E-state index contributed by atoms with van der Waals surface area (Å²) in [6.45, 7) is 2.92. The van der Waals surface area contributed by atoms with Crippen LogP contribution < -0.4 is 10.1 Å². The molecular formula is C12H14BrN3OS. The van der Waals surface area contributed by atoms with Crippen LogP contribution in [0.1, 0.15) is 23.5 Å². The van der Waals surface area contributed by atoms with E-state index in [1.807, 2.05) is 6.07 Å². The molecule has 2 aromatic heterocycles. The average molecular weight is 328 g/mol. The zero-order chi connectivity index (χ0) is 13.0. The first-order valence-electron chi connectivity index (χ1n) is 5.59. The summed E-state index contributed by atoms with van der Waals surface area (Å²) in [6.07, 6.45) is 3.32. The number of hydrogen-bond acceptors (Lipinski definition) is 5. The molecule has 0 radical (unpaired) electrons. The van der Waals surface area contributed by atoms with Crippen molar-refractivity contribution in [2.45, 2.75) is 13.0 Å². The minimum absolute atomic E-state index is 0.00921. The number of ether oxygens (including phenoxy) is 1. The molecule has 1 atom stereocenters. The zero-order valence-electron chi connectivity index (χ0n) is 10.2. The van der Waals surface area contributed by atoms with Gasteiger partial charge in [0.15, 0.2) is 0 Å². The topological polar surface area (TPSA) is 47.0 Å². The van der Waals surface area contributed by atoms with Gasteiger partial charge in [-0.05, 0) is 34.6 Å². The number of nitrogens with one attached hydrogen (secondary N) is 1. The Hall–Kier alpha value is -0.980. The fourth-order valence-corrected chi connectivity index (χ4v) is 3.21. The Balaban J connectivity index is 2.41. The first-order valence-corrected chi connectivity index (χ1v) is 7.20. The molecular weight excluding hydrogens is 314 g/mol. The van der Waals surface area contributed by atoms with E-state index in [9.17, 15) is 0 Å². The van der Waals surface area contributed by atoms with Crippen LogP contribution in [0.4, 0.5) is 0 Å². The van der Waals surface area contributed by atoms with Crippen molar-refractivity contribution in [2.75, 3.05) is 13.7 Å². The van der Waals surface area contributed by atoms with Crippen molar-refractivity contribution in [1.29, 1.82) is 0 Å². The van der Waals surface area contributed by atoms with Gasteiger partial charge in [-0.2, -0.15) is 0 Å². The van der Waals surface area contributed by atoms with Crippen LogP contribution in [-0.2, 0) is 0 Å². The van der Waals surface area contributed by atoms with E-state index >= 15 is 0 Å². The lowest BCUT2D eigenvalue weighted by Crippen LogP contribution is -2.23. The normalized spacial score (nSPS) is 12.4. The molecule has 18 heavy (non-hydrogen) atoms. The van der Waals surface area contributed by atoms with E-state index in [0.29, 0.717) is 5.88 Å². The number of thiophene rings is 1. The van der Waals surface area contributed by atoms with Crippen LogP contribution in [0, 0.1) is 0 Å². The number of nitrogens with zero attached hydrogens (tertiary/aromatic N) is 2. The van der Waals surface area contributed by atoms with E-state index in [0.717, 1.165) is 16.0 Å². The highest BCUT2D eigenvalue weighted by atomic mass is 79.9. The summed E-state index contributed by atoms with van der Waals surface area (Å²) in [6, 6.07) is 4.12. The molecule has 2 heterocycles. The molecule has 0 aliphatic heterocycles. The molecule has 96 valence electrons. The molecule has 1 unspecified atom stereocenters. The van der Waals surface area contributed by atoms with E-state index in [2.05, 4.69) is 44.2 Å². The fourth-order valence-electron chi connectivity index (χ4n) is 1.71. The Morgan fingerprint density at radius 1 is 1.39 bits per heavy atom. The van der Waals surface area contributed by atoms with Gasteiger partial charge in [-0.25, -0.2) is 4.98 Å². The predicted octanol–water partition coefficient (Wildman–Crippen LogP) is 3.01. The van der Waals surface area contributed by atoms with Crippen molar-refractivity contribution < 1.29 is 4.74 Å². The number of aromatic nitrogens is 2. The molecule has 2 rings (SSSR count). The lowest BCUT2D eigenvalue weighted by Gasteiger charge is -2.17. The van der Waals surface area contributed by atoms with Crippen molar-refractivity contribution in [2.24, 2.45) is 0 Å². The Morgan fingerprint density at radius 2 is 2.17 bits per heavy atom. The Morgan fingerprint density at radius 3 is 2.78 bits per heavy atom. The molecule has 0 spiro atoms. The minimum Gasteiger partial charge on any atom is -0.480 e. The first-order chi connectivity index (χ1) is 8.76. The second-order valence-corrected chi connectivity index (χ2v) is 6.08. The van der Waals surface area contributed by atoms with Crippen molar-refractivity contribution in [3.63, 3.8) is 0 Å². The van der Waals surface area contributed by atoms with E-state index in [-0.39, 0.29) is 6.04 Å². The maximum Gasteiger partial charge on any atom is 0.237 e. The van der Waals surface area contributed by atoms with E-state index in [4.69, 9.17) is 4.74 Å². The van der Waals surface area contributed by atoms with Crippen LogP contribution >= 0.6 is 27.3 Å². The largest absolute Gasteiger partial charge is 0.480 e. The van der Waals surface area contributed by atoms with Crippen LogP contribution in [0.3, 0.4) is 0 Å². The van der Waals surface area contributed by atoms with Gasteiger partial charge in [-0.15, -0.1) is 11.3 Å². The summed E-state index contributed by atoms with van der Waals surface area (Å²) in [5.41, 5.74) is 0.816. The maximum atomic E-state index is 5.28. The highest BCUT2D eigenvalue weighted by Crippen LogP contribution is 2.33. The Labute approximate surface area is 119 Å². The number of hydrogen-bond donors (Lipinski definition) is 1. The van der Waals surface area contributed by atoms with Gasteiger partial charge in [0.25, 0.3) is 0 Å². The summed E-state index contributed by atoms with van der Waals surface area (Å²) in [5.74, 6) is 0.563. The molecule has 0 aliphatic rings. The van der Waals surface area contributed by atoms with Crippen molar-refractivity contribution in [3.05, 3.63) is 38.9 Å². The first kappa shape index (κ1) is 13.5. The molecule has 0 amide bonds. The molecule has 0 saturated carbocycles. The van der Waals surface area contributed by atoms with Gasteiger partial charge in [-0.1, -0.05) is 6.92 Å². The van der Waals surface area contributed by atoms with Crippen LogP contribution in [0.15, 0.2) is 28.3 Å². The minimum atomic E-state index is 0.00921. The second-order valence-electron chi connectivity index (χ2n) is 3.58. The Kier molecular flexibility index (Phi) is 4.68. The number of halogens is 1. The van der Waals surface area contributed by atoms with Gasteiger partial charge in [0.2, 0.25) is 5.88 Å². The van der Waals surface area contributed by atoms with Crippen LogP contribution in [0.5, 0.6) is 5.88 Å². The van der Waals surface area contributed by atoms with Gasteiger partial charge in [0, 0.05) is 17.3 Å². The quantitative estimate of drug-likeness (QED) is 0.917.